The van der Waals surface area contributed by atoms with Gasteiger partial charge in [-0.2, -0.15) is 0 Å². The summed E-state index contributed by atoms with van der Waals surface area (Å²) in [6.45, 7) is 3.58. The van der Waals surface area contributed by atoms with Crippen LogP contribution < -0.4 is 0 Å². The van der Waals surface area contributed by atoms with E-state index in [1.807, 2.05) is 6.92 Å². The van der Waals surface area contributed by atoms with Gasteiger partial charge < -0.3 is 9.52 Å². The van der Waals surface area contributed by atoms with Crippen molar-refractivity contribution in [2.24, 2.45) is 0 Å². The first-order valence-corrected chi connectivity index (χ1v) is 8.70. The maximum Gasteiger partial charge on any atom is 0.269 e. The number of hydrogen-bond acceptors (Lipinski definition) is 6. The van der Waals surface area contributed by atoms with E-state index in [1.165, 1.54) is 12.1 Å². The molecule has 0 amide bonds. The first-order chi connectivity index (χ1) is 12.1. The Morgan fingerprint density at radius 2 is 2.16 bits per heavy atom. The number of aliphatic hydroxyl groups excluding tert-OH is 1. The third-order valence-electron chi connectivity index (χ3n) is 4.77. The SMILES string of the molecule is CCC(O)C1CCCCN1Cc1coc(-c2ccc([N+](=O)[O-])cc2)n1. The van der Waals surface area contributed by atoms with Crippen LogP contribution in [0.15, 0.2) is 34.9 Å². The van der Waals surface area contributed by atoms with E-state index in [1.54, 1.807) is 18.4 Å². The van der Waals surface area contributed by atoms with Gasteiger partial charge in [0.15, 0.2) is 0 Å². The summed E-state index contributed by atoms with van der Waals surface area (Å²) in [6.07, 6.45) is 5.32. The lowest BCUT2D eigenvalue weighted by Crippen LogP contribution is -2.46. The fourth-order valence-corrected chi connectivity index (χ4v) is 3.37. The molecule has 7 heteroatoms. The minimum atomic E-state index is -0.430. The van der Waals surface area contributed by atoms with Crippen LogP contribution >= 0.6 is 0 Å². The Labute approximate surface area is 146 Å². The van der Waals surface area contributed by atoms with Crippen LogP contribution in [0.3, 0.4) is 0 Å². The van der Waals surface area contributed by atoms with Crippen LogP contribution in [0.25, 0.3) is 11.5 Å². The average Bonchev–Trinajstić information content (AvgIpc) is 3.10. The van der Waals surface area contributed by atoms with E-state index < -0.39 is 4.92 Å². The number of benzene rings is 1. The van der Waals surface area contributed by atoms with Crippen molar-refractivity contribution < 1.29 is 14.4 Å². The third kappa shape index (κ3) is 4.05. The van der Waals surface area contributed by atoms with E-state index >= 15 is 0 Å². The molecule has 1 aromatic carbocycles. The minimum absolute atomic E-state index is 0.0419. The van der Waals surface area contributed by atoms with Gasteiger partial charge in [0, 0.05) is 30.3 Å². The fraction of sp³-hybridized carbons (Fsp3) is 0.500. The Bertz CT molecular complexity index is 713. The average molecular weight is 345 g/mol. The summed E-state index contributed by atoms with van der Waals surface area (Å²) in [5.74, 6) is 0.453. The highest BCUT2D eigenvalue weighted by molar-refractivity contribution is 5.55. The highest BCUT2D eigenvalue weighted by Crippen LogP contribution is 2.25. The highest BCUT2D eigenvalue weighted by Gasteiger charge is 2.28. The summed E-state index contributed by atoms with van der Waals surface area (Å²) >= 11 is 0. The molecule has 2 atom stereocenters. The molecule has 2 unspecified atom stereocenters. The van der Waals surface area contributed by atoms with Crippen LogP contribution in [0, 0.1) is 10.1 Å². The molecule has 3 rings (SSSR count). The lowest BCUT2D eigenvalue weighted by atomic mass is 9.96. The molecule has 1 aliphatic heterocycles. The molecule has 2 aromatic rings. The molecule has 2 heterocycles. The Balaban J connectivity index is 1.71. The van der Waals surface area contributed by atoms with Gasteiger partial charge in [0.2, 0.25) is 5.89 Å². The molecule has 0 saturated carbocycles. The zero-order chi connectivity index (χ0) is 17.8. The van der Waals surface area contributed by atoms with Gasteiger partial charge in [0.1, 0.15) is 6.26 Å². The predicted octanol–water partition coefficient (Wildman–Crippen LogP) is 3.38. The maximum absolute atomic E-state index is 10.7. The van der Waals surface area contributed by atoms with E-state index in [0.29, 0.717) is 18.0 Å². The normalized spacial score (nSPS) is 19.7. The van der Waals surface area contributed by atoms with Crippen LogP contribution in [-0.4, -0.2) is 38.6 Å². The largest absolute Gasteiger partial charge is 0.444 e. The Kier molecular flexibility index (Phi) is 5.45. The number of aromatic nitrogens is 1. The summed E-state index contributed by atoms with van der Waals surface area (Å²) in [7, 11) is 0. The Morgan fingerprint density at radius 3 is 2.84 bits per heavy atom. The van der Waals surface area contributed by atoms with E-state index in [-0.39, 0.29) is 17.8 Å². The molecule has 0 spiro atoms. The van der Waals surface area contributed by atoms with Crippen molar-refractivity contribution in [2.45, 2.75) is 51.3 Å². The van der Waals surface area contributed by atoms with Gasteiger partial charge in [-0.05, 0) is 37.9 Å². The molecule has 1 N–H and O–H groups in total. The van der Waals surface area contributed by atoms with E-state index in [0.717, 1.165) is 37.9 Å². The minimum Gasteiger partial charge on any atom is -0.444 e. The molecule has 0 aliphatic carbocycles. The number of non-ortho nitro benzene ring substituents is 1. The monoisotopic (exact) mass is 345 g/mol. The Hall–Kier alpha value is -2.25. The van der Waals surface area contributed by atoms with Gasteiger partial charge in [-0.25, -0.2) is 4.98 Å². The number of oxazole rings is 1. The number of nitro benzene ring substituents is 1. The van der Waals surface area contributed by atoms with Crippen molar-refractivity contribution in [3.8, 4) is 11.5 Å². The lowest BCUT2D eigenvalue weighted by molar-refractivity contribution is -0.384. The van der Waals surface area contributed by atoms with Gasteiger partial charge in [-0.1, -0.05) is 13.3 Å². The van der Waals surface area contributed by atoms with Crippen molar-refractivity contribution in [1.29, 1.82) is 0 Å². The van der Waals surface area contributed by atoms with Crippen LogP contribution in [0.1, 0.15) is 38.3 Å². The van der Waals surface area contributed by atoms with Crippen molar-refractivity contribution >= 4 is 5.69 Å². The van der Waals surface area contributed by atoms with E-state index in [9.17, 15) is 15.2 Å². The maximum atomic E-state index is 10.7. The molecule has 134 valence electrons. The number of nitro groups is 1. The molecule has 0 radical (unpaired) electrons. The standard InChI is InChI=1S/C18H23N3O4/c1-2-17(22)16-5-3-4-10-20(16)11-14-12-25-18(19-14)13-6-8-15(9-7-13)21(23)24/h6-9,12,16-17,22H,2-5,10-11H2,1H3. The first-order valence-electron chi connectivity index (χ1n) is 8.70. The highest BCUT2D eigenvalue weighted by atomic mass is 16.6. The zero-order valence-corrected chi connectivity index (χ0v) is 14.3. The number of nitrogens with zero attached hydrogens (tertiary/aromatic N) is 3. The number of likely N-dealkylation sites (tertiary alicyclic amines) is 1. The smallest absolute Gasteiger partial charge is 0.269 e. The van der Waals surface area contributed by atoms with Crippen LogP contribution in [0.2, 0.25) is 0 Å². The fourth-order valence-electron chi connectivity index (χ4n) is 3.37. The Morgan fingerprint density at radius 1 is 1.40 bits per heavy atom. The summed E-state index contributed by atoms with van der Waals surface area (Å²) in [5, 5.41) is 21.0. The number of rotatable bonds is 6. The molecule has 1 aliphatic rings. The third-order valence-corrected chi connectivity index (χ3v) is 4.77. The topological polar surface area (TPSA) is 92.6 Å². The summed E-state index contributed by atoms with van der Waals surface area (Å²) in [6, 6.07) is 6.32. The molecular formula is C18H23N3O4. The molecule has 7 nitrogen and oxygen atoms in total. The second kappa shape index (κ2) is 7.76. The summed E-state index contributed by atoms with van der Waals surface area (Å²) in [4.78, 5) is 17.1. The zero-order valence-electron chi connectivity index (χ0n) is 14.3. The number of aliphatic hydroxyl groups is 1. The molecule has 0 bridgehead atoms. The second-order valence-electron chi connectivity index (χ2n) is 6.46. The molecule has 1 aromatic heterocycles. The molecule has 1 saturated heterocycles. The molecular weight excluding hydrogens is 322 g/mol. The van der Waals surface area contributed by atoms with Crippen molar-refractivity contribution in [3.05, 3.63) is 46.3 Å². The second-order valence-corrected chi connectivity index (χ2v) is 6.46. The summed E-state index contributed by atoms with van der Waals surface area (Å²) < 4.78 is 5.54. The van der Waals surface area contributed by atoms with E-state index in [4.69, 9.17) is 4.42 Å². The van der Waals surface area contributed by atoms with Gasteiger partial charge >= 0.3 is 0 Å². The predicted molar refractivity (Wildman–Crippen MR) is 92.9 cm³/mol. The van der Waals surface area contributed by atoms with Crippen molar-refractivity contribution in [3.63, 3.8) is 0 Å². The molecule has 25 heavy (non-hydrogen) atoms. The van der Waals surface area contributed by atoms with Gasteiger partial charge in [0.05, 0.1) is 16.7 Å². The quantitative estimate of drug-likeness (QED) is 0.637. The van der Waals surface area contributed by atoms with Crippen molar-refractivity contribution in [2.75, 3.05) is 6.54 Å². The van der Waals surface area contributed by atoms with Gasteiger partial charge in [-0.15, -0.1) is 0 Å². The van der Waals surface area contributed by atoms with Crippen molar-refractivity contribution in [1.82, 2.24) is 9.88 Å². The van der Waals surface area contributed by atoms with Crippen LogP contribution in [0.4, 0.5) is 5.69 Å². The van der Waals surface area contributed by atoms with E-state index in [2.05, 4.69) is 9.88 Å². The first kappa shape index (κ1) is 17.6. The van der Waals surface area contributed by atoms with Gasteiger partial charge in [-0.3, -0.25) is 15.0 Å². The van der Waals surface area contributed by atoms with Crippen LogP contribution in [0.5, 0.6) is 0 Å². The van der Waals surface area contributed by atoms with Crippen LogP contribution in [-0.2, 0) is 6.54 Å². The lowest BCUT2D eigenvalue weighted by Gasteiger charge is -2.37. The number of piperidine rings is 1. The number of hydrogen-bond donors (Lipinski definition) is 1. The summed E-state index contributed by atoms with van der Waals surface area (Å²) in [5.41, 5.74) is 1.56. The van der Waals surface area contributed by atoms with Gasteiger partial charge in [0.25, 0.3) is 5.69 Å². The molecule has 1 fully saturated rings.